The second-order valence-corrected chi connectivity index (χ2v) is 4.76. The first kappa shape index (κ1) is 11.3. The zero-order chi connectivity index (χ0) is 12.6. The maximum Gasteiger partial charge on any atom is 0.447 e. The summed E-state index contributed by atoms with van der Waals surface area (Å²) in [6.45, 7) is 0. The van der Waals surface area contributed by atoms with Crippen LogP contribution in [0.4, 0.5) is 5.69 Å². The van der Waals surface area contributed by atoms with Gasteiger partial charge in [0.05, 0.1) is 0 Å². The van der Waals surface area contributed by atoms with Crippen molar-refractivity contribution in [2.75, 3.05) is 0 Å². The van der Waals surface area contributed by atoms with Gasteiger partial charge in [-0.2, -0.15) is 8.42 Å². The van der Waals surface area contributed by atoms with Gasteiger partial charge in [-0.25, -0.2) is 0 Å². The SMILES string of the molecule is N#[N+]c1c(S(=O)(=O)O)cc2ccccc2c1O. The van der Waals surface area contributed by atoms with E-state index in [0.29, 0.717) is 10.8 Å². The van der Waals surface area contributed by atoms with Gasteiger partial charge in [-0.15, -0.1) is 0 Å². The van der Waals surface area contributed by atoms with E-state index in [4.69, 9.17) is 9.95 Å². The van der Waals surface area contributed by atoms with Crippen molar-refractivity contribution in [3.05, 3.63) is 35.3 Å². The van der Waals surface area contributed by atoms with E-state index in [1.54, 1.807) is 18.2 Å². The van der Waals surface area contributed by atoms with Crippen molar-refractivity contribution in [1.82, 2.24) is 0 Å². The van der Waals surface area contributed by atoms with Crippen LogP contribution in [0.1, 0.15) is 0 Å². The number of nitrogens with zero attached hydrogens (tertiary/aromatic N) is 2. The molecule has 0 aliphatic carbocycles. The molecule has 2 aromatic rings. The van der Waals surface area contributed by atoms with E-state index in [1.165, 1.54) is 6.07 Å². The van der Waals surface area contributed by atoms with E-state index < -0.39 is 26.5 Å². The lowest BCUT2D eigenvalue weighted by atomic mass is 10.1. The van der Waals surface area contributed by atoms with E-state index >= 15 is 0 Å². The second-order valence-electron chi connectivity index (χ2n) is 3.37. The summed E-state index contributed by atoms with van der Waals surface area (Å²) in [4.78, 5) is 2.06. The van der Waals surface area contributed by atoms with Gasteiger partial charge in [0.15, 0.2) is 9.87 Å². The average molecular weight is 251 g/mol. The Labute approximate surface area is 96.5 Å². The first-order valence-corrected chi connectivity index (χ1v) is 5.96. The first-order chi connectivity index (χ1) is 7.95. The predicted octanol–water partition coefficient (Wildman–Crippen LogP) is 2.28. The number of phenolic OH excluding ortho intramolecular Hbond substituents is 1. The minimum Gasteiger partial charge on any atom is -0.501 e. The molecule has 2 N–H and O–H groups in total. The number of phenols is 1. The van der Waals surface area contributed by atoms with Crippen LogP contribution >= 0.6 is 0 Å². The minimum absolute atomic E-state index is 0.327. The molecule has 0 unspecified atom stereocenters. The Morgan fingerprint density at radius 1 is 1.24 bits per heavy atom. The van der Waals surface area contributed by atoms with Crippen molar-refractivity contribution >= 4 is 26.6 Å². The molecule has 0 heterocycles. The molecule has 0 aromatic heterocycles. The molecule has 0 bridgehead atoms. The number of fused-ring (bicyclic) bond motifs is 1. The van der Waals surface area contributed by atoms with Crippen molar-refractivity contribution in [3.8, 4) is 5.75 Å². The highest BCUT2D eigenvalue weighted by Crippen LogP contribution is 2.40. The highest BCUT2D eigenvalue weighted by molar-refractivity contribution is 7.86. The second kappa shape index (κ2) is 3.69. The Hall–Kier alpha value is -2.17. The van der Waals surface area contributed by atoms with Crippen LogP contribution in [0.25, 0.3) is 15.7 Å². The molecule has 0 saturated heterocycles. The van der Waals surface area contributed by atoms with E-state index in [0.717, 1.165) is 6.07 Å². The topological polar surface area (TPSA) is 103 Å². The Morgan fingerprint density at radius 3 is 2.47 bits per heavy atom. The number of aromatic hydroxyl groups is 1. The minimum atomic E-state index is -4.57. The Kier molecular flexibility index (Phi) is 2.46. The lowest BCUT2D eigenvalue weighted by Gasteiger charge is -2.01. The van der Waals surface area contributed by atoms with Crippen LogP contribution in [-0.2, 0) is 10.1 Å². The van der Waals surface area contributed by atoms with Gasteiger partial charge in [0.1, 0.15) is 0 Å². The van der Waals surface area contributed by atoms with Crippen molar-refractivity contribution in [3.63, 3.8) is 0 Å². The summed E-state index contributed by atoms with van der Waals surface area (Å²) in [6, 6.07) is 7.50. The summed E-state index contributed by atoms with van der Waals surface area (Å²) in [7, 11) is -4.57. The third-order valence-electron chi connectivity index (χ3n) is 2.34. The van der Waals surface area contributed by atoms with Gasteiger partial charge in [-0.1, -0.05) is 24.3 Å². The fourth-order valence-corrected chi connectivity index (χ4v) is 2.24. The molecule has 0 spiro atoms. The van der Waals surface area contributed by atoms with E-state index in [9.17, 15) is 13.5 Å². The van der Waals surface area contributed by atoms with E-state index in [1.807, 2.05) is 0 Å². The van der Waals surface area contributed by atoms with Gasteiger partial charge < -0.3 is 5.11 Å². The Morgan fingerprint density at radius 2 is 1.88 bits per heavy atom. The molecule has 0 fully saturated rings. The summed E-state index contributed by atoms with van der Waals surface area (Å²) in [5.41, 5.74) is -0.578. The molecule has 2 aromatic carbocycles. The van der Waals surface area contributed by atoms with Gasteiger partial charge >= 0.3 is 15.8 Å². The Bertz CT molecular complexity index is 747. The van der Waals surface area contributed by atoms with Gasteiger partial charge in [0, 0.05) is 5.39 Å². The lowest BCUT2D eigenvalue weighted by Crippen LogP contribution is -1.98. The first-order valence-electron chi connectivity index (χ1n) is 4.52. The third-order valence-corrected chi connectivity index (χ3v) is 3.21. The van der Waals surface area contributed by atoms with E-state index in [2.05, 4.69) is 4.98 Å². The van der Waals surface area contributed by atoms with Gasteiger partial charge in [-0.05, 0) is 11.5 Å². The van der Waals surface area contributed by atoms with Crippen molar-refractivity contribution in [2.45, 2.75) is 4.90 Å². The molecule has 0 atom stereocenters. The third kappa shape index (κ3) is 1.80. The van der Waals surface area contributed by atoms with Crippen LogP contribution in [0.3, 0.4) is 0 Å². The molecule has 0 saturated carbocycles. The van der Waals surface area contributed by atoms with Crippen LogP contribution in [0.15, 0.2) is 35.2 Å². The molecule has 86 valence electrons. The molecule has 0 aliphatic rings. The van der Waals surface area contributed by atoms with Crippen LogP contribution < -0.4 is 0 Å². The standard InChI is InChI=1S/C10H6N2O4S/c11-12-9-8(17(14,15)16)5-6-3-1-2-4-7(6)10(9)13/h1-5H,(H-,13,14,15,16)/p+1. The summed E-state index contributed by atoms with van der Waals surface area (Å²) < 4.78 is 31.1. The monoisotopic (exact) mass is 251 g/mol. The number of rotatable bonds is 1. The molecule has 0 amide bonds. The summed E-state index contributed by atoms with van der Waals surface area (Å²) >= 11 is 0. The zero-order valence-corrected chi connectivity index (χ0v) is 9.22. The van der Waals surface area contributed by atoms with Gasteiger partial charge in [-0.3, -0.25) is 4.55 Å². The quantitative estimate of drug-likeness (QED) is 0.597. The van der Waals surface area contributed by atoms with Crippen LogP contribution in [0.2, 0.25) is 0 Å². The zero-order valence-electron chi connectivity index (χ0n) is 8.40. The van der Waals surface area contributed by atoms with Crippen LogP contribution in [-0.4, -0.2) is 18.1 Å². The van der Waals surface area contributed by atoms with Gasteiger partial charge in [0.2, 0.25) is 11.1 Å². The average Bonchev–Trinajstić information content (AvgIpc) is 2.28. The van der Waals surface area contributed by atoms with Crippen LogP contribution in [0, 0.1) is 5.39 Å². The predicted molar refractivity (Wildman–Crippen MR) is 60.2 cm³/mol. The Balaban J connectivity index is 3.02. The van der Waals surface area contributed by atoms with Crippen molar-refractivity contribution in [2.24, 2.45) is 0 Å². The molecule has 17 heavy (non-hydrogen) atoms. The smallest absolute Gasteiger partial charge is 0.447 e. The maximum atomic E-state index is 11.1. The molecule has 6 nitrogen and oxygen atoms in total. The van der Waals surface area contributed by atoms with Crippen molar-refractivity contribution in [1.29, 1.82) is 5.39 Å². The largest absolute Gasteiger partial charge is 0.501 e. The number of hydrogen-bond acceptors (Lipinski definition) is 4. The lowest BCUT2D eigenvalue weighted by molar-refractivity contribution is 0.474. The number of hydrogen-bond donors (Lipinski definition) is 2. The molecular weight excluding hydrogens is 244 g/mol. The summed E-state index contributed by atoms with van der Waals surface area (Å²) in [5.74, 6) is -0.502. The maximum absolute atomic E-state index is 11.1. The molecule has 7 heteroatoms. The fraction of sp³-hybridized carbons (Fsp3) is 0. The highest BCUT2D eigenvalue weighted by atomic mass is 32.2. The summed E-state index contributed by atoms with van der Waals surface area (Å²) in [5, 5.41) is 19.2. The van der Waals surface area contributed by atoms with E-state index in [-0.39, 0.29) is 0 Å². The molecular formula is C10H7N2O4S+. The number of benzene rings is 2. The van der Waals surface area contributed by atoms with Crippen molar-refractivity contribution < 1.29 is 18.1 Å². The molecule has 0 radical (unpaired) electrons. The molecule has 0 aliphatic heterocycles. The highest BCUT2D eigenvalue weighted by Gasteiger charge is 2.30. The van der Waals surface area contributed by atoms with Crippen LogP contribution in [0.5, 0.6) is 5.75 Å². The summed E-state index contributed by atoms with van der Waals surface area (Å²) in [6.07, 6.45) is 0. The molecule has 2 rings (SSSR count). The normalized spacial score (nSPS) is 11.3. The fourth-order valence-electron chi connectivity index (χ4n) is 1.59. The number of diazo groups is 1. The van der Waals surface area contributed by atoms with Gasteiger partial charge in [0.25, 0.3) is 0 Å².